The van der Waals surface area contributed by atoms with Gasteiger partial charge in [-0.25, -0.2) is 8.42 Å². The Bertz CT molecular complexity index is 1460. The molecule has 8 nitrogen and oxygen atoms in total. The Morgan fingerprint density at radius 3 is 2.74 bits per heavy atom. The summed E-state index contributed by atoms with van der Waals surface area (Å²) in [5.74, 6) is 0.863. The number of sulfone groups is 1. The molecule has 0 saturated carbocycles. The van der Waals surface area contributed by atoms with Crippen LogP contribution in [0, 0.1) is 0 Å². The van der Waals surface area contributed by atoms with Gasteiger partial charge in [-0.1, -0.05) is 42.4 Å². The minimum absolute atomic E-state index is 0.0567. The average molecular weight is 570 g/mol. The molecule has 1 aromatic heterocycles. The normalized spacial score (nSPS) is 17.8. The first-order valence-corrected chi connectivity index (χ1v) is 15.6. The molecule has 0 spiro atoms. The van der Waals surface area contributed by atoms with E-state index >= 15 is 0 Å². The zero-order valence-electron chi connectivity index (χ0n) is 22.6. The molecule has 3 heterocycles. The molecule has 0 aliphatic carbocycles. The summed E-state index contributed by atoms with van der Waals surface area (Å²) in [7, 11) is 0.828. The van der Waals surface area contributed by atoms with Crippen molar-refractivity contribution in [2.75, 3.05) is 55.9 Å². The van der Waals surface area contributed by atoms with E-state index in [0.29, 0.717) is 38.2 Å². The van der Waals surface area contributed by atoms with E-state index in [1.807, 2.05) is 24.1 Å². The minimum Gasteiger partial charge on any atom is -0.462 e. The second-order valence-corrected chi connectivity index (χ2v) is 12.9. The summed E-state index contributed by atoms with van der Waals surface area (Å²) in [6.45, 7) is 6.97. The maximum atomic E-state index is 11.9. The minimum atomic E-state index is -3.25. The number of nitrogens with zero attached hydrogens (tertiary/aromatic N) is 5. The van der Waals surface area contributed by atoms with Gasteiger partial charge < -0.3 is 19.4 Å². The number of likely N-dealkylation sites (N-methyl/N-ethyl adjacent to an activating group) is 1. The highest BCUT2D eigenvalue weighted by atomic mass is 35.5. The van der Waals surface area contributed by atoms with Crippen molar-refractivity contribution in [3.05, 3.63) is 64.7 Å². The molecule has 2 aromatic carbocycles. The Labute approximate surface area is 236 Å². The Kier molecular flexibility index (Phi) is 8.30. The van der Waals surface area contributed by atoms with E-state index in [4.69, 9.17) is 26.3 Å². The molecule has 3 aromatic rings. The molecule has 0 N–H and O–H groups in total. The van der Waals surface area contributed by atoms with E-state index in [9.17, 15) is 8.42 Å². The molecular weight excluding hydrogens is 534 g/mol. The van der Waals surface area contributed by atoms with Crippen LogP contribution in [0.15, 0.2) is 48.4 Å². The van der Waals surface area contributed by atoms with E-state index in [-0.39, 0.29) is 5.75 Å². The SMILES string of the molecule is C=CS(=O)(=O)CCCN(C)c1nc(OCC2CCCN2C)nc2c1CCN(c1cccc3cccc(Cl)c13)C2. The topological polar surface area (TPSA) is 78.9 Å². The standard InChI is InChI=1S/C29H36ClN5O3S/c1-4-39(36,37)18-8-16-34(3)28-23-14-17-35(26-13-6-10-21-9-5-12-24(30)27(21)26)19-25(23)31-29(32-28)38-20-22-11-7-15-33(22)2/h4-6,9-10,12-13,22H,1,7-8,11,14-20H2,2-3H3. The van der Waals surface area contributed by atoms with E-state index < -0.39 is 9.84 Å². The molecule has 1 saturated heterocycles. The lowest BCUT2D eigenvalue weighted by molar-refractivity contribution is 0.187. The van der Waals surface area contributed by atoms with Gasteiger partial charge in [-0.15, -0.1) is 0 Å². The van der Waals surface area contributed by atoms with Crippen LogP contribution in [-0.2, 0) is 22.8 Å². The van der Waals surface area contributed by atoms with Gasteiger partial charge in [-0.05, 0) is 56.8 Å². The summed E-state index contributed by atoms with van der Waals surface area (Å²) in [6.07, 6.45) is 3.50. The van der Waals surface area contributed by atoms with Crippen LogP contribution in [0.2, 0.25) is 5.02 Å². The van der Waals surface area contributed by atoms with Crippen LogP contribution >= 0.6 is 11.6 Å². The van der Waals surface area contributed by atoms with Gasteiger partial charge in [-0.2, -0.15) is 9.97 Å². The van der Waals surface area contributed by atoms with Gasteiger partial charge in [0, 0.05) is 48.2 Å². The largest absolute Gasteiger partial charge is 0.462 e. The molecule has 5 rings (SSSR count). The molecule has 1 fully saturated rings. The molecule has 1 atom stereocenters. The lowest BCUT2D eigenvalue weighted by Gasteiger charge is -2.33. The maximum absolute atomic E-state index is 11.9. The quantitative estimate of drug-likeness (QED) is 0.347. The van der Waals surface area contributed by atoms with Crippen molar-refractivity contribution in [2.24, 2.45) is 0 Å². The van der Waals surface area contributed by atoms with Crippen LogP contribution in [0.25, 0.3) is 10.8 Å². The maximum Gasteiger partial charge on any atom is 0.318 e. The smallest absolute Gasteiger partial charge is 0.318 e. The summed E-state index contributed by atoms with van der Waals surface area (Å²) in [5.41, 5.74) is 3.09. The average Bonchev–Trinajstić information content (AvgIpc) is 3.35. The van der Waals surface area contributed by atoms with E-state index in [1.165, 1.54) is 6.42 Å². The molecule has 39 heavy (non-hydrogen) atoms. The summed E-state index contributed by atoms with van der Waals surface area (Å²) in [4.78, 5) is 16.4. The number of fused-ring (bicyclic) bond motifs is 2. The zero-order chi connectivity index (χ0) is 27.6. The molecule has 2 aliphatic heterocycles. The molecule has 0 bridgehead atoms. The number of rotatable bonds is 10. The van der Waals surface area contributed by atoms with Crippen LogP contribution in [0.4, 0.5) is 11.5 Å². The number of benzene rings is 2. The van der Waals surface area contributed by atoms with Crippen molar-refractivity contribution in [2.45, 2.75) is 38.3 Å². The fourth-order valence-corrected chi connectivity index (χ4v) is 6.54. The van der Waals surface area contributed by atoms with Crippen LogP contribution in [0.1, 0.15) is 30.5 Å². The van der Waals surface area contributed by atoms with Crippen molar-refractivity contribution >= 4 is 43.7 Å². The number of hydrogen-bond acceptors (Lipinski definition) is 8. The van der Waals surface area contributed by atoms with Gasteiger partial charge in [-0.3, -0.25) is 0 Å². The summed E-state index contributed by atoms with van der Waals surface area (Å²) >= 11 is 6.65. The fraction of sp³-hybridized carbons (Fsp3) is 0.448. The lowest BCUT2D eigenvalue weighted by Crippen LogP contribution is -2.34. The highest BCUT2D eigenvalue weighted by Crippen LogP contribution is 2.36. The van der Waals surface area contributed by atoms with E-state index in [1.54, 1.807) is 0 Å². The van der Waals surface area contributed by atoms with Crippen molar-refractivity contribution in [3.8, 4) is 6.01 Å². The van der Waals surface area contributed by atoms with Crippen LogP contribution in [-0.4, -0.2) is 75.4 Å². The summed E-state index contributed by atoms with van der Waals surface area (Å²) in [6, 6.07) is 13.0. The fourth-order valence-electron chi connectivity index (χ4n) is 5.57. The van der Waals surface area contributed by atoms with Gasteiger partial charge in [0.25, 0.3) is 0 Å². The van der Waals surface area contributed by atoms with Gasteiger partial charge in [0.05, 0.1) is 23.0 Å². The first-order valence-electron chi connectivity index (χ1n) is 13.5. The number of likely N-dealkylation sites (tertiary alicyclic amines) is 1. The summed E-state index contributed by atoms with van der Waals surface area (Å²) < 4.78 is 30.0. The highest BCUT2D eigenvalue weighted by Gasteiger charge is 2.27. The van der Waals surface area contributed by atoms with Gasteiger partial charge >= 0.3 is 6.01 Å². The van der Waals surface area contributed by atoms with Crippen molar-refractivity contribution < 1.29 is 13.2 Å². The van der Waals surface area contributed by atoms with E-state index in [0.717, 1.165) is 69.9 Å². The number of anilines is 2. The molecule has 0 amide bonds. The van der Waals surface area contributed by atoms with E-state index in [2.05, 4.69) is 47.7 Å². The van der Waals surface area contributed by atoms with Crippen LogP contribution < -0.4 is 14.5 Å². The van der Waals surface area contributed by atoms with Crippen LogP contribution in [0.3, 0.4) is 0 Å². The first-order chi connectivity index (χ1) is 18.8. The van der Waals surface area contributed by atoms with Gasteiger partial charge in [0.1, 0.15) is 12.4 Å². The van der Waals surface area contributed by atoms with Crippen molar-refractivity contribution in [1.82, 2.24) is 14.9 Å². The summed E-state index contributed by atoms with van der Waals surface area (Å²) in [5, 5.41) is 3.91. The van der Waals surface area contributed by atoms with Crippen molar-refractivity contribution in [1.29, 1.82) is 0 Å². The Morgan fingerprint density at radius 2 is 2.00 bits per heavy atom. The second kappa shape index (κ2) is 11.7. The predicted molar refractivity (Wildman–Crippen MR) is 159 cm³/mol. The lowest BCUT2D eigenvalue weighted by atomic mass is 10.0. The molecule has 2 aliphatic rings. The molecular formula is C29H36ClN5O3S. The highest BCUT2D eigenvalue weighted by molar-refractivity contribution is 7.94. The molecule has 10 heteroatoms. The number of ether oxygens (including phenoxy) is 1. The Balaban J connectivity index is 1.44. The zero-order valence-corrected chi connectivity index (χ0v) is 24.2. The molecule has 0 radical (unpaired) electrons. The molecule has 1 unspecified atom stereocenters. The third-order valence-electron chi connectivity index (χ3n) is 7.81. The number of halogens is 1. The third kappa shape index (κ3) is 6.15. The third-order valence-corrected chi connectivity index (χ3v) is 9.49. The van der Waals surface area contributed by atoms with Gasteiger partial charge in [0.15, 0.2) is 9.84 Å². The second-order valence-electron chi connectivity index (χ2n) is 10.4. The number of aromatic nitrogens is 2. The number of hydrogen-bond donors (Lipinski definition) is 0. The monoisotopic (exact) mass is 569 g/mol. The van der Waals surface area contributed by atoms with Crippen LogP contribution in [0.5, 0.6) is 6.01 Å². The Hall–Kier alpha value is -2.88. The first kappa shape index (κ1) is 27.7. The molecule has 208 valence electrons. The predicted octanol–water partition coefficient (Wildman–Crippen LogP) is 4.70. The van der Waals surface area contributed by atoms with Gasteiger partial charge in [0.2, 0.25) is 0 Å². The van der Waals surface area contributed by atoms with Crippen molar-refractivity contribution in [3.63, 3.8) is 0 Å². The Morgan fingerprint density at radius 1 is 1.21 bits per heavy atom.